The smallest absolute Gasteiger partial charge is 0.330 e. The molecule has 18 heavy (non-hydrogen) atoms. The fourth-order valence-electron chi connectivity index (χ4n) is 2.17. The Morgan fingerprint density at radius 2 is 2.11 bits per heavy atom. The number of Topliss-reactive ketones (excluding diaryl/α,β-unsaturated/α-hetero) is 1. The quantitative estimate of drug-likeness (QED) is 0.570. The summed E-state index contributed by atoms with van der Waals surface area (Å²) >= 11 is 0. The van der Waals surface area contributed by atoms with Crippen molar-refractivity contribution in [3.8, 4) is 0 Å². The van der Waals surface area contributed by atoms with Gasteiger partial charge in [-0.25, -0.2) is 0 Å². The number of carbonyl (C=O) groups excluding carboxylic acids is 1. The first-order valence-corrected chi connectivity index (χ1v) is 6.09. The van der Waals surface area contributed by atoms with Crippen molar-refractivity contribution in [3.63, 3.8) is 0 Å². The van der Waals surface area contributed by atoms with Gasteiger partial charge in [-0.1, -0.05) is 20.8 Å². The van der Waals surface area contributed by atoms with Crippen molar-refractivity contribution in [2.45, 2.75) is 46.1 Å². The maximum absolute atomic E-state index is 11.8. The molecule has 102 valence electrons. The molecule has 0 aliphatic heterocycles. The fraction of sp³-hybridized carbons (Fsp3) is 0.750. The minimum absolute atomic E-state index is 0.111. The highest BCUT2D eigenvalue weighted by atomic mass is 16.6. The first-order valence-electron chi connectivity index (χ1n) is 6.09. The number of aliphatic hydroxyl groups is 1. The highest BCUT2D eigenvalue weighted by Crippen LogP contribution is 2.36. The summed E-state index contributed by atoms with van der Waals surface area (Å²) in [6.07, 6.45) is 1.27. The zero-order valence-corrected chi connectivity index (χ0v) is 11.0. The van der Waals surface area contributed by atoms with E-state index in [4.69, 9.17) is 5.11 Å². The van der Waals surface area contributed by atoms with Gasteiger partial charge in [-0.2, -0.15) is 0 Å². The molecule has 6 heteroatoms. The molecule has 1 unspecified atom stereocenters. The van der Waals surface area contributed by atoms with Crippen molar-refractivity contribution in [1.82, 2.24) is 5.32 Å². The summed E-state index contributed by atoms with van der Waals surface area (Å²) in [6.45, 7) is 5.57. The number of hydrogen-bond acceptors (Lipinski definition) is 5. The van der Waals surface area contributed by atoms with Gasteiger partial charge >= 0.3 is 5.70 Å². The standard InChI is InChI=1S/C12H20N2O4/c1-4-8(7-15)13-9-5-12(2,3)6-10(16)11(9)14(17)18/h8,13,15H,4-7H2,1-3H3. The van der Waals surface area contributed by atoms with Crippen molar-refractivity contribution in [1.29, 1.82) is 0 Å². The van der Waals surface area contributed by atoms with E-state index in [0.29, 0.717) is 18.5 Å². The van der Waals surface area contributed by atoms with Gasteiger partial charge < -0.3 is 10.4 Å². The summed E-state index contributed by atoms with van der Waals surface area (Å²) < 4.78 is 0. The van der Waals surface area contributed by atoms with Crippen molar-refractivity contribution < 1.29 is 14.8 Å². The van der Waals surface area contributed by atoms with Gasteiger partial charge in [0.25, 0.3) is 0 Å². The molecule has 0 amide bonds. The van der Waals surface area contributed by atoms with Crippen LogP contribution in [0.5, 0.6) is 0 Å². The summed E-state index contributed by atoms with van der Waals surface area (Å²) in [5.41, 5.74) is -0.282. The summed E-state index contributed by atoms with van der Waals surface area (Å²) in [5.74, 6) is -0.438. The number of nitrogens with zero attached hydrogens (tertiary/aromatic N) is 1. The number of hydrogen-bond donors (Lipinski definition) is 2. The second kappa shape index (κ2) is 5.48. The van der Waals surface area contributed by atoms with Crippen molar-refractivity contribution >= 4 is 5.78 Å². The van der Waals surface area contributed by atoms with E-state index >= 15 is 0 Å². The molecular formula is C12H20N2O4. The molecule has 2 N–H and O–H groups in total. The Labute approximate surface area is 106 Å². The molecule has 0 aromatic carbocycles. The first kappa shape index (κ1) is 14.6. The molecule has 1 rings (SSSR count). The zero-order chi connectivity index (χ0) is 13.9. The van der Waals surface area contributed by atoms with Gasteiger partial charge in [-0.3, -0.25) is 14.9 Å². The topological polar surface area (TPSA) is 92.5 Å². The van der Waals surface area contributed by atoms with Crippen LogP contribution < -0.4 is 5.32 Å². The van der Waals surface area contributed by atoms with E-state index in [1.54, 1.807) is 0 Å². The van der Waals surface area contributed by atoms with Crippen LogP contribution in [0.2, 0.25) is 0 Å². The van der Waals surface area contributed by atoms with Gasteiger partial charge in [0.15, 0.2) is 0 Å². The molecular weight excluding hydrogens is 236 g/mol. The molecule has 1 aliphatic carbocycles. The number of allylic oxidation sites excluding steroid dienone is 2. The molecule has 1 aliphatic rings. The molecule has 6 nitrogen and oxygen atoms in total. The Bertz CT molecular complexity index is 384. The number of carbonyl (C=O) groups is 1. The van der Waals surface area contributed by atoms with E-state index in [-0.39, 0.29) is 30.2 Å². The van der Waals surface area contributed by atoms with Crippen LogP contribution in [0.4, 0.5) is 0 Å². The van der Waals surface area contributed by atoms with Crippen LogP contribution in [0.3, 0.4) is 0 Å². The maximum Gasteiger partial charge on any atom is 0.330 e. The number of rotatable bonds is 5. The SMILES string of the molecule is CCC(CO)NC1=C([N+](=O)[O-])C(=O)CC(C)(C)C1. The van der Waals surface area contributed by atoms with Gasteiger partial charge in [0, 0.05) is 12.5 Å². The largest absolute Gasteiger partial charge is 0.394 e. The second-order valence-electron chi connectivity index (χ2n) is 5.46. The van der Waals surface area contributed by atoms with Gasteiger partial charge in [0.2, 0.25) is 5.78 Å². The summed E-state index contributed by atoms with van der Waals surface area (Å²) in [4.78, 5) is 22.2. The van der Waals surface area contributed by atoms with Crippen molar-refractivity contribution in [2.75, 3.05) is 6.61 Å². The Balaban J connectivity index is 3.08. The van der Waals surface area contributed by atoms with Gasteiger partial charge in [-0.15, -0.1) is 0 Å². The minimum Gasteiger partial charge on any atom is -0.394 e. The third-order valence-corrected chi connectivity index (χ3v) is 3.12. The zero-order valence-electron chi connectivity index (χ0n) is 11.0. The highest BCUT2D eigenvalue weighted by molar-refractivity contribution is 5.95. The molecule has 0 spiro atoms. The van der Waals surface area contributed by atoms with Crippen LogP contribution in [0.25, 0.3) is 0 Å². The van der Waals surface area contributed by atoms with Crippen LogP contribution in [0.15, 0.2) is 11.4 Å². The molecule has 0 aromatic rings. The van der Waals surface area contributed by atoms with Crippen LogP contribution in [-0.2, 0) is 4.79 Å². The first-order chi connectivity index (χ1) is 8.30. The molecule has 0 aromatic heterocycles. The molecule has 0 heterocycles. The lowest BCUT2D eigenvalue weighted by Crippen LogP contribution is -2.39. The highest BCUT2D eigenvalue weighted by Gasteiger charge is 2.40. The predicted molar refractivity (Wildman–Crippen MR) is 66.3 cm³/mol. The Morgan fingerprint density at radius 1 is 1.50 bits per heavy atom. The van der Waals surface area contributed by atoms with E-state index < -0.39 is 10.7 Å². The number of nitrogens with one attached hydrogen (secondary N) is 1. The molecule has 0 fully saturated rings. The number of aliphatic hydroxyl groups excluding tert-OH is 1. The van der Waals surface area contributed by atoms with Crippen molar-refractivity contribution in [3.05, 3.63) is 21.5 Å². The summed E-state index contributed by atoms with van der Waals surface area (Å²) in [6, 6.07) is -0.253. The predicted octanol–water partition coefficient (Wildman–Crippen LogP) is 1.22. The monoisotopic (exact) mass is 256 g/mol. The fourth-order valence-corrected chi connectivity index (χ4v) is 2.17. The Hall–Kier alpha value is -1.43. The molecule has 0 saturated carbocycles. The van der Waals surface area contributed by atoms with Gasteiger partial charge in [0.1, 0.15) is 0 Å². The van der Waals surface area contributed by atoms with Crippen LogP contribution in [-0.4, -0.2) is 28.5 Å². The average molecular weight is 256 g/mol. The van der Waals surface area contributed by atoms with Crippen LogP contribution in [0, 0.1) is 15.5 Å². The van der Waals surface area contributed by atoms with Crippen molar-refractivity contribution in [2.24, 2.45) is 5.41 Å². The maximum atomic E-state index is 11.8. The lowest BCUT2D eigenvalue weighted by molar-refractivity contribution is -0.421. The number of ketones is 1. The van der Waals surface area contributed by atoms with E-state index in [2.05, 4.69) is 5.32 Å². The molecule has 0 saturated heterocycles. The van der Waals surface area contributed by atoms with Gasteiger partial charge in [0.05, 0.1) is 17.2 Å². The molecule has 0 radical (unpaired) electrons. The molecule has 0 bridgehead atoms. The molecule has 1 atom stereocenters. The van der Waals surface area contributed by atoms with E-state index in [0.717, 1.165) is 0 Å². The third-order valence-electron chi connectivity index (χ3n) is 3.12. The van der Waals surface area contributed by atoms with E-state index in [1.807, 2.05) is 20.8 Å². The van der Waals surface area contributed by atoms with Crippen LogP contribution >= 0.6 is 0 Å². The summed E-state index contributed by atoms with van der Waals surface area (Å²) in [5, 5.41) is 23.0. The Morgan fingerprint density at radius 3 is 2.56 bits per heavy atom. The van der Waals surface area contributed by atoms with E-state index in [9.17, 15) is 14.9 Å². The lowest BCUT2D eigenvalue weighted by Gasteiger charge is -2.30. The van der Waals surface area contributed by atoms with E-state index in [1.165, 1.54) is 0 Å². The third kappa shape index (κ3) is 3.29. The summed E-state index contributed by atoms with van der Waals surface area (Å²) in [7, 11) is 0. The minimum atomic E-state index is -0.621. The van der Waals surface area contributed by atoms with Gasteiger partial charge in [-0.05, 0) is 18.3 Å². The average Bonchev–Trinajstić information content (AvgIpc) is 2.22. The normalized spacial score (nSPS) is 20.8. The lowest BCUT2D eigenvalue weighted by atomic mass is 9.77. The Kier molecular flexibility index (Phi) is 4.45. The number of nitro groups is 1. The second-order valence-corrected chi connectivity index (χ2v) is 5.46. The van der Waals surface area contributed by atoms with Crippen LogP contribution in [0.1, 0.15) is 40.0 Å².